The molecule has 5 nitrogen and oxygen atoms in total. The fourth-order valence-electron chi connectivity index (χ4n) is 2.58. The van der Waals surface area contributed by atoms with Crippen molar-refractivity contribution in [3.63, 3.8) is 0 Å². The summed E-state index contributed by atoms with van der Waals surface area (Å²) in [6.45, 7) is 1.38. The van der Waals surface area contributed by atoms with E-state index in [2.05, 4.69) is 21.7 Å². The number of benzene rings is 1. The quantitative estimate of drug-likeness (QED) is 0.896. The molecule has 2 N–H and O–H groups in total. The Morgan fingerprint density at radius 2 is 2.29 bits per heavy atom. The molecule has 5 heteroatoms. The number of hydrogen-bond acceptors (Lipinski definition) is 4. The maximum Gasteiger partial charge on any atom is 0.220 e. The number of fused-ring (bicyclic) bond motifs is 1. The maximum absolute atomic E-state index is 11.1. The van der Waals surface area contributed by atoms with Crippen molar-refractivity contribution >= 4 is 16.8 Å². The number of carbonyl (C=O) groups is 1. The topological polar surface area (TPSA) is 63.2 Å². The molecule has 0 bridgehead atoms. The van der Waals surface area contributed by atoms with Gasteiger partial charge >= 0.3 is 0 Å². The highest BCUT2D eigenvalue weighted by Crippen LogP contribution is 2.23. The Balaban J connectivity index is 1.71. The first-order valence-electron chi connectivity index (χ1n) is 7.19. The normalized spacial score (nSPS) is 18.5. The molecular weight excluding hydrogens is 266 g/mol. The number of pyridine rings is 1. The molecule has 3 rings (SSSR count). The Hall–Kier alpha value is -2.14. The molecule has 21 heavy (non-hydrogen) atoms. The number of hydrogen-bond donors (Lipinski definition) is 2. The van der Waals surface area contributed by atoms with Gasteiger partial charge in [0.2, 0.25) is 5.91 Å². The Labute approximate surface area is 123 Å². The second-order valence-corrected chi connectivity index (χ2v) is 5.26. The molecule has 1 fully saturated rings. The summed E-state index contributed by atoms with van der Waals surface area (Å²) in [6, 6.07) is 10.3. The van der Waals surface area contributed by atoms with Crippen LogP contribution in [0.4, 0.5) is 0 Å². The number of rotatable bonds is 4. The van der Waals surface area contributed by atoms with E-state index in [1.165, 1.54) is 0 Å². The Bertz CT molecular complexity index is 647. The average molecular weight is 285 g/mol. The first-order chi connectivity index (χ1) is 10.3. The van der Waals surface area contributed by atoms with Crippen LogP contribution in [0.2, 0.25) is 0 Å². The Morgan fingerprint density at radius 3 is 3.05 bits per heavy atom. The maximum atomic E-state index is 11.1. The van der Waals surface area contributed by atoms with Crippen LogP contribution in [0.15, 0.2) is 30.3 Å². The Kier molecular flexibility index (Phi) is 4.01. The second-order valence-electron chi connectivity index (χ2n) is 5.26. The van der Waals surface area contributed by atoms with Gasteiger partial charge in [0.1, 0.15) is 11.3 Å². The van der Waals surface area contributed by atoms with Crippen LogP contribution in [0.5, 0.6) is 5.75 Å². The van der Waals surface area contributed by atoms with Crippen LogP contribution in [0.25, 0.3) is 10.9 Å². The third kappa shape index (κ3) is 3.13. The molecular formula is C16H19N3O2. The molecule has 0 aliphatic carbocycles. The van der Waals surface area contributed by atoms with E-state index in [4.69, 9.17) is 4.74 Å². The largest absolute Gasteiger partial charge is 0.494 e. The van der Waals surface area contributed by atoms with Gasteiger partial charge in [0, 0.05) is 30.9 Å². The van der Waals surface area contributed by atoms with E-state index in [0.29, 0.717) is 25.6 Å². The highest BCUT2D eigenvalue weighted by molar-refractivity contribution is 5.84. The molecule has 1 amide bonds. The minimum absolute atomic E-state index is 0.140. The van der Waals surface area contributed by atoms with Crippen LogP contribution in [0.3, 0.4) is 0 Å². The third-order valence-electron chi connectivity index (χ3n) is 3.80. The van der Waals surface area contributed by atoms with Crippen LogP contribution >= 0.6 is 0 Å². The molecule has 1 atom stereocenters. The van der Waals surface area contributed by atoms with E-state index in [0.717, 1.165) is 28.8 Å². The van der Waals surface area contributed by atoms with Gasteiger partial charge < -0.3 is 15.4 Å². The second kappa shape index (κ2) is 6.10. The van der Waals surface area contributed by atoms with Crippen molar-refractivity contribution < 1.29 is 9.53 Å². The predicted octanol–water partition coefficient (Wildman–Crippen LogP) is 1.61. The zero-order valence-electron chi connectivity index (χ0n) is 12.1. The van der Waals surface area contributed by atoms with Crippen molar-refractivity contribution in [1.29, 1.82) is 0 Å². The lowest BCUT2D eigenvalue weighted by atomic mass is 10.1. The van der Waals surface area contributed by atoms with Crippen LogP contribution in [0.1, 0.15) is 18.5 Å². The molecule has 0 spiro atoms. The molecule has 1 aliphatic heterocycles. The number of nitrogens with zero attached hydrogens (tertiary/aromatic N) is 1. The van der Waals surface area contributed by atoms with Crippen molar-refractivity contribution in [3.05, 3.63) is 36.0 Å². The number of ether oxygens (including phenoxy) is 1. The third-order valence-corrected chi connectivity index (χ3v) is 3.80. The smallest absolute Gasteiger partial charge is 0.220 e. The monoisotopic (exact) mass is 285 g/mol. The summed E-state index contributed by atoms with van der Waals surface area (Å²) >= 11 is 0. The molecule has 1 saturated heterocycles. The summed E-state index contributed by atoms with van der Waals surface area (Å²) in [7, 11) is 1.66. The Morgan fingerprint density at radius 1 is 1.38 bits per heavy atom. The number of aromatic nitrogens is 1. The number of para-hydroxylation sites is 1. The fraction of sp³-hybridized carbons (Fsp3) is 0.375. The standard InChI is InChI=1S/C16H19N3O2/c1-21-14-4-2-3-11-5-6-13(19-16(11)14)10-17-12-7-8-15(20)18-9-12/h2-6,12,17H,7-10H2,1H3,(H,18,20). The zero-order valence-corrected chi connectivity index (χ0v) is 12.1. The van der Waals surface area contributed by atoms with Crippen molar-refractivity contribution in [2.75, 3.05) is 13.7 Å². The van der Waals surface area contributed by atoms with Crippen molar-refractivity contribution in [2.24, 2.45) is 0 Å². The minimum atomic E-state index is 0.140. The van der Waals surface area contributed by atoms with Crippen molar-refractivity contribution in [3.8, 4) is 5.75 Å². The summed E-state index contributed by atoms with van der Waals surface area (Å²) in [5, 5.41) is 7.39. The van der Waals surface area contributed by atoms with E-state index < -0.39 is 0 Å². The number of piperidine rings is 1. The summed E-state index contributed by atoms with van der Waals surface area (Å²) in [5.74, 6) is 0.931. The lowest BCUT2D eigenvalue weighted by Crippen LogP contribution is -2.45. The number of methoxy groups -OCH3 is 1. The average Bonchev–Trinajstić information content (AvgIpc) is 2.53. The molecule has 0 saturated carbocycles. The van der Waals surface area contributed by atoms with E-state index in [1.54, 1.807) is 7.11 Å². The zero-order chi connectivity index (χ0) is 14.7. The van der Waals surface area contributed by atoms with Gasteiger partial charge in [-0.25, -0.2) is 4.98 Å². The van der Waals surface area contributed by atoms with Crippen molar-refractivity contribution in [1.82, 2.24) is 15.6 Å². The molecule has 1 aromatic carbocycles. The van der Waals surface area contributed by atoms with Crippen LogP contribution in [0, 0.1) is 0 Å². The highest BCUT2D eigenvalue weighted by atomic mass is 16.5. The van der Waals surface area contributed by atoms with E-state index in [9.17, 15) is 4.79 Å². The SMILES string of the molecule is COc1cccc2ccc(CNC3CCC(=O)NC3)nc12. The first-order valence-corrected chi connectivity index (χ1v) is 7.19. The van der Waals surface area contributed by atoms with Gasteiger partial charge in [-0.15, -0.1) is 0 Å². The summed E-state index contributed by atoms with van der Waals surface area (Å²) < 4.78 is 5.36. The van der Waals surface area contributed by atoms with Gasteiger partial charge in [0.15, 0.2) is 0 Å². The number of amides is 1. The van der Waals surface area contributed by atoms with Crippen molar-refractivity contribution in [2.45, 2.75) is 25.4 Å². The first kappa shape index (κ1) is 13.8. The van der Waals surface area contributed by atoms with E-state index in [1.807, 2.05) is 24.3 Å². The van der Waals surface area contributed by atoms with Crippen LogP contribution in [-0.2, 0) is 11.3 Å². The summed E-state index contributed by atoms with van der Waals surface area (Å²) in [6.07, 6.45) is 1.47. The van der Waals surface area contributed by atoms with E-state index in [-0.39, 0.29) is 5.91 Å². The van der Waals surface area contributed by atoms with Gasteiger partial charge in [0.25, 0.3) is 0 Å². The highest BCUT2D eigenvalue weighted by Gasteiger charge is 2.17. The fourth-order valence-corrected chi connectivity index (χ4v) is 2.58. The predicted molar refractivity (Wildman–Crippen MR) is 81.2 cm³/mol. The van der Waals surface area contributed by atoms with Gasteiger partial charge in [-0.3, -0.25) is 4.79 Å². The van der Waals surface area contributed by atoms with Gasteiger partial charge in [-0.2, -0.15) is 0 Å². The minimum Gasteiger partial charge on any atom is -0.494 e. The molecule has 2 aromatic rings. The molecule has 1 aromatic heterocycles. The number of carbonyl (C=O) groups excluding carboxylic acids is 1. The summed E-state index contributed by atoms with van der Waals surface area (Å²) in [4.78, 5) is 15.8. The van der Waals surface area contributed by atoms with Gasteiger partial charge in [-0.05, 0) is 18.6 Å². The molecule has 2 heterocycles. The summed E-state index contributed by atoms with van der Waals surface area (Å²) in [5.41, 5.74) is 1.86. The van der Waals surface area contributed by atoms with Crippen LogP contribution in [-0.4, -0.2) is 30.6 Å². The molecule has 110 valence electrons. The molecule has 1 unspecified atom stereocenters. The number of nitrogens with one attached hydrogen (secondary N) is 2. The van der Waals surface area contributed by atoms with Gasteiger partial charge in [-0.1, -0.05) is 18.2 Å². The van der Waals surface area contributed by atoms with E-state index >= 15 is 0 Å². The van der Waals surface area contributed by atoms with Crippen LogP contribution < -0.4 is 15.4 Å². The lowest BCUT2D eigenvalue weighted by Gasteiger charge is -2.23. The molecule has 1 aliphatic rings. The lowest BCUT2D eigenvalue weighted by molar-refractivity contribution is -0.122. The van der Waals surface area contributed by atoms with Gasteiger partial charge in [0.05, 0.1) is 12.8 Å². The molecule has 0 radical (unpaired) electrons.